The molecule has 0 radical (unpaired) electrons. The smallest absolute Gasteiger partial charge is 0.226 e. The fourth-order valence-corrected chi connectivity index (χ4v) is 3.46. The van der Waals surface area contributed by atoms with E-state index >= 15 is 0 Å². The van der Waals surface area contributed by atoms with Crippen LogP contribution in [0.1, 0.15) is 12.0 Å². The van der Waals surface area contributed by atoms with E-state index in [9.17, 15) is 13.2 Å². The SMILES string of the molecule is Cc1ccncc1NC(=O)CC1CS(=O)(=O)CCN1. The molecular weight excluding hydrogens is 266 g/mol. The lowest BCUT2D eigenvalue weighted by molar-refractivity contribution is -0.116. The van der Waals surface area contributed by atoms with Crippen molar-refractivity contribution in [3.8, 4) is 0 Å². The zero-order valence-electron chi connectivity index (χ0n) is 10.7. The molecule has 7 heteroatoms. The van der Waals surface area contributed by atoms with E-state index in [-0.39, 0.29) is 29.9 Å². The van der Waals surface area contributed by atoms with Crippen molar-refractivity contribution < 1.29 is 13.2 Å². The predicted molar refractivity (Wildman–Crippen MR) is 72.7 cm³/mol. The molecular formula is C12H17N3O3S. The lowest BCUT2D eigenvalue weighted by Crippen LogP contribution is -2.46. The van der Waals surface area contributed by atoms with Gasteiger partial charge in [0.1, 0.15) is 0 Å². The van der Waals surface area contributed by atoms with Gasteiger partial charge in [0.25, 0.3) is 0 Å². The van der Waals surface area contributed by atoms with Crippen LogP contribution in [0.15, 0.2) is 18.5 Å². The molecule has 1 aliphatic heterocycles. The summed E-state index contributed by atoms with van der Waals surface area (Å²) >= 11 is 0. The summed E-state index contributed by atoms with van der Waals surface area (Å²) in [5.41, 5.74) is 1.58. The summed E-state index contributed by atoms with van der Waals surface area (Å²) in [4.78, 5) is 15.8. The fraction of sp³-hybridized carbons (Fsp3) is 0.500. The van der Waals surface area contributed by atoms with Gasteiger partial charge in [0.15, 0.2) is 9.84 Å². The van der Waals surface area contributed by atoms with Gasteiger partial charge in [-0.15, -0.1) is 0 Å². The van der Waals surface area contributed by atoms with Crippen LogP contribution in [0.3, 0.4) is 0 Å². The van der Waals surface area contributed by atoms with Crippen molar-refractivity contribution in [2.75, 3.05) is 23.4 Å². The molecule has 2 heterocycles. The number of aromatic nitrogens is 1. The first-order valence-electron chi connectivity index (χ1n) is 6.10. The van der Waals surface area contributed by atoms with Crippen molar-refractivity contribution >= 4 is 21.4 Å². The van der Waals surface area contributed by atoms with Gasteiger partial charge >= 0.3 is 0 Å². The Balaban J connectivity index is 1.93. The largest absolute Gasteiger partial charge is 0.324 e. The number of nitrogens with zero attached hydrogens (tertiary/aromatic N) is 1. The van der Waals surface area contributed by atoms with Crippen molar-refractivity contribution in [2.45, 2.75) is 19.4 Å². The van der Waals surface area contributed by atoms with Crippen LogP contribution >= 0.6 is 0 Å². The number of carbonyl (C=O) groups excluding carboxylic acids is 1. The second-order valence-electron chi connectivity index (χ2n) is 4.71. The summed E-state index contributed by atoms with van der Waals surface area (Å²) in [7, 11) is -3.01. The average molecular weight is 283 g/mol. The molecule has 0 bridgehead atoms. The Bertz CT molecular complexity index is 571. The molecule has 2 N–H and O–H groups in total. The number of amides is 1. The molecule has 0 aromatic carbocycles. The van der Waals surface area contributed by atoms with E-state index in [1.165, 1.54) is 0 Å². The Kier molecular flexibility index (Phi) is 4.16. The highest BCUT2D eigenvalue weighted by Crippen LogP contribution is 2.13. The summed E-state index contributed by atoms with van der Waals surface area (Å²) in [5.74, 6) is -0.0371. The summed E-state index contributed by atoms with van der Waals surface area (Å²) in [5, 5.41) is 5.80. The molecule has 1 unspecified atom stereocenters. The minimum Gasteiger partial charge on any atom is -0.324 e. The third-order valence-corrected chi connectivity index (χ3v) is 4.78. The van der Waals surface area contributed by atoms with E-state index in [0.29, 0.717) is 12.2 Å². The highest BCUT2D eigenvalue weighted by atomic mass is 32.2. The number of rotatable bonds is 3. The van der Waals surface area contributed by atoms with Gasteiger partial charge in [0.2, 0.25) is 5.91 Å². The zero-order chi connectivity index (χ0) is 13.9. The Morgan fingerprint density at radius 1 is 1.58 bits per heavy atom. The number of anilines is 1. The van der Waals surface area contributed by atoms with E-state index in [1.54, 1.807) is 18.5 Å². The minimum atomic E-state index is -3.01. The predicted octanol–water partition coefficient (Wildman–Crippen LogP) is 0.105. The third kappa shape index (κ3) is 4.00. The monoisotopic (exact) mass is 283 g/mol. The normalized spacial score (nSPS) is 21.8. The van der Waals surface area contributed by atoms with Crippen molar-refractivity contribution in [1.29, 1.82) is 0 Å². The lowest BCUT2D eigenvalue weighted by atomic mass is 10.2. The Hall–Kier alpha value is -1.47. The Labute approximate surface area is 112 Å². The van der Waals surface area contributed by atoms with E-state index in [1.807, 2.05) is 6.92 Å². The number of pyridine rings is 1. The van der Waals surface area contributed by atoms with Crippen molar-refractivity contribution in [2.24, 2.45) is 0 Å². The van der Waals surface area contributed by atoms with Gasteiger partial charge in [0.05, 0.1) is 23.4 Å². The van der Waals surface area contributed by atoms with Crippen LogP contribution < -0.4 is 10.6 Å². The van der Waals surface area contributed by atoms with Gasteiger partial charge < -0.3 is 10.6 Å². The molecule has 1 aliphatic rings. The average Bonchev–Trinajstić information content (AvgIpc) is 2.30. The summed E-state index contributed by atoms with van der Waals surface area (Å²) < 4.78 is 22.9. The topological polar surface area (TPSA) is 88.2 Å². The van der Waals surface area contributed by atoms with Gasteiger partial charge in [0, 0.05) is 25.2 Å². The molecule has 1 aromatic rings. The maximum Gasteiger partial charge on any atom is 0.226 e. The van der Waals surface area contributed by atoms with Gasteiger partial charge in [-0.25, -0.2) is 8.42 Å². The first-order chi connectivity index (χ1) is 8.96. The fourth-order valence-electron chi connectivity index (χ4n) is 2.02. The molecule has 0 saturated carbocycles. The maximum atomic E-state index is 11.9. The molecule has 19 heavy (non-hydrogen) atoms. The molecule has 1 atom stereocenters. The molecule has 0 spiro atoms. The van der Waals surface area contributed by atoms with E-state index in [4.69, 9.17) is 0 Å². The number of carbonyl (C=O) groups is 1. The van der Waals surface area contributed by atoms with E-state index < -0.39 is 9.84 Å². The maximum absolute atomic E-state index is 11.9. The quantitative estimate of drug-likeness (QED) is 0.821. The molecule has 104 valence electrons. The highest BCUT2D eigenvalue weighted by Gasteiger charge is 2.26. The highest BCUT2D eigenvalue weighted by molar-refractivity contribution is 7.91. The van der Waals surface area contributed by atoms with E-state index in [2.05, 4.69) is 15.6 Å². The standard InChI is InChI=1S/C12H17N3O3S/c1-9-2-3-13-7-11(9)15-12(16)6-10-8-19(17,18)5-4-14-10/h2-3,7,10,14H,4-6,8H2,1H3,(H,15,16). The second kappa shape index (κ2) is 5.66. The molecule has 6 nitrogen and oxygen atoms in total. The zero-order valence-corrected chi connectivity index (χ0v) is 11.5. The summed E-state index contributed by atoms with van der Waals surface area (Å²) in [6, 6.07) is 1.49. The summed E-state index contributed by atoms with van der Waals surface area (Å²) in [6.07, 6.45) is 3.38. The number of aryl methyl sites for hydroxylation is 1. The third-order valence-electron chi connectivity index (χ3n) is 3.05. The first kappa shape index (κ1) is 14.0. The van der Waals surface area contributed by atoms with E-state index in [0.717, 1.165) is 5.56 Å². The van der Waals surface area contributed by atoms with Crippen molar-refractivity contribution in [3.63, 3.8) is 0 Å². The Morgan fingerprint density at radius 3 is 3.05 bits per heavy atom. The van der Waals surface area contributed by atoms with Crippen LogP contribution in [0, 0.1) is 6.92 Å². The second-order valence-corrected chi connectivity index (χ2v) is 6.94. The van der Waals surface area contributed by atoms with Crippen LogP contribution in [-0.2, 0) is 14.6 Å². The van der Waals surface area contributed by atoms with Crippen LogP contribution in [0.25, 0.3) is 0 Å². The molecule has 1 saturated heterocycles. The van der Waals surface area contributed by atoms with Crippen molar-refractivity contribution in [3.05, 3.63) is 24.0 Å². The number of hydrogen-bond acceptors (Lipinski definition) is 5. The molecule has 1 amide bonds. The number of nitrogens with one attached hydrogen (secondary N) is 2. The molecule has 1 aromatic heterocycles. The molecule has 0 aliphatic carbocycles. The van der Waals surface area contributed by atoms with Crippen LogP contribution in [-0.4, -0.2) is 43.4 Å². The van der Waals surface area contributed by atoms with Crippen LogP contribution in [0.4, 0.5) is 5.69 Å². The van der Waals surface area contributed by atoms with Gasteiger partial charge in [-0.3, -0.25) is 9.78 Å². The first-order valence-corrected chi connectivity index (χ1v) is 7.93. The molecule has 1 fully saturated rings. The van der Waals surface area contributed by atoms with Gasteiger partial charge in [-0.1, -0.05) is 0 Å². The Morgan fingerprint density at radius 2 is 2.37 bits per heavy atom. The van der Waals surface area contributed by atoms with Crippen molar-refractivity contribution in [1.82, 2.24) is 10.3 Å². The number of sulfone groups is 1. The summed E-state index contributed by atoms with van der Waals surface area (Å²) in [6.45, 7) is 2.28. The minimum absolute atomic E-state index is 0.0203. The molecule has 2 rings (SSSR count). The number of hydrogen-bond donors (Lipinski definition) is 2. The van der Waals surface area contributed by atoms with Crippen LogP contribution in [0.2, 0.25) is 0 Å². The lowest BCUT2D eigenvalue weighted by Gasteiger charge is -2.23. The van der Waals surface area contributed by atoms with Gasteiger partial charge in [-0.05, 0) is 18.6 Å². The van der Waals surface area contributed by atoms with Crippen LogP contribution in [0.5, 0.6) is 0 Å². The van der Waals surface area contributed by atoms with Gasteiger partial charge in [-0.2, -0.15) is 0 Å².